The monoisotopic (exact) mass is 461 g/mol. The largest absolute Gasteiger partial charge is 0.573 e. The van der Waals surface area contributed by atoms with E-state index in [4.69, 9.17) is 5.11 Å². The number of piperidine rings is 1. The van der Waals surface area contributed by atoms with Crippen LogP contribution in [0, 0.1) is 5.92 Å². The maximum absolute atomic E-state index is 12.9. The predicted octanol–water partition coefficient (Wildman–Crippen LogP) is 6.03. The Hall–Kier alpha value is -2.75. The molecule has 174 valence electrons. The van der Waals surface area contributed by atoms with E-state index < -0.39 is 24.1 Å². The molecule has 1 aliphatic rings. The van der Waals surface area contributed by atoms with Crippen LogP contribution in [-0.4, -0.2) is 28.9 Å². The number of hydrogen-bond acceptors (Lipinski definition) is 3. The Labute approximate surface area is 180 Å². The van der Waals surface area contributed by atoms with Gasteiger partial charge in [-0.05, 0) is 60.7 Å². The van der Waals surface area contributed by atoms with Gasteiger partial charge in [-0.15, -0.1) is 13.2 Å². The zero-order valence-electron chi connectivity index (χ0n) is 16.8. The van der Waals surface area contributed by atoms with Crippen LogP contribution in [0.3, 0.4) is 0 Å². The number of halogens is 6. The average Bonchev–Trinajstić information content (AvgIpc) is 2.68. The normalized spacial score (nSPS) is 20.2. The highest BCUT2D eigenvalue weighted by molar-refractivity contribution is 5.67. The number of carboxylic acids is 1. The number of carboxylic acid groups (broad SMARTS) is 1. The second-order valence-corrected chi connectivity index (χ2v) is 7.79. The summed E-state index contributed by atoms with van der Waals surface area (Å²) in [5, 5.41) is 9.13. The fourth-order valence-corrected chi connectivity index (χ4v) is 3.98. The summed E-state index contributed by atoms with van der Waals surface area (Å²) in [6, 6.07) is 9.85. The maximum Gasteiger partial charge on any atom is 0.573 e. The Bertz CT molecular complexity index is 909. The molecule has 4 nitrogen and oxygen atoms in total. The van der Waals surface area contributed by atoms with Crippen molar-refractivity contribution in [2.24, 2.45) is 5.92 Å². The molecule has 0 aliphatic carbocycles. The number of ether oxygens (including phenoxy) is 1. The third kappa shape index (κ3) is 6.62. The molecule has 32 heavy (non-hydrogen) atoms. The lowest BCUT2D eigenvalue weighted by Gasteiger charge is -2.39. The number of likely N-dealkylation sites (tertiary alicyclic amines) is 1. The van der Waals surface area contributed by atoms with E-state index in [1.54, 1.807) is 0 Å². The maximum atomic E-state index is 12.9. The highest BCUT2D eigenvalue weighted by Gasteiger charge is 2.34. The van der Waals surface area contributed by atoms with Crippen LogP contribution in [0.15, 0.2) is 48.5 Å². The molecule has 0 spiro atoms. The summed E-state index contributed by atoms with van der Waals surface area (Å²) in [6.45, 7) is 0.849. The Balaban J connectivity index is 1.79. The van der Waals surface area contributed by atoms with Crippen LogP contribution in [0.2, 0.25) is 0 Å². The van der Waals surface area contributed by atoms with Crippen molar-refractivity contribution in [3.63, 3.8) is 0 Å². The van der Waals surface area contributed by atoms with E-state index in [1.807, 2.05) is 4.90 Å². The minimum absolute atomic E-state index is 0.0333. The molecule has 3 rings (SSSR count). The number of aliphatic carboxylic acids is 1. The van der Waals surface area contributed by atoms with Crippen LogP contribution < -0.4 is 4.74 Å². The molecule has 1 N–H and O–H groups in total. The highest BCUT2D eigenvalue weighted by atomic mass is 19.4. The zero-order valence-corrected chi connectivity index (χ0v) is 16.8. The summed E-state index contributed by atoms with van der Waals surface area (Å²) in [5.41, 5.74) is 0.559. The van der Waals surface area contributed by atoms with Crippen molar-refractivity contribution < 1.29 is 41.0 Å². The van der Waals surface area contributed by atoms with E-state index in [9.17, 15) is 31.1 Å². The summed E-state index contributed by atoms with van der Waals surface area (Å²) in [7, 11) is 0. The molecular formula is C22H21F6NO3. The first-order valence-electron chi connectivity index (χ1n) is 9.88. The molecule has 10 heteroatoms. The van der Waals surface area contributed by atoms with Crippen LogP contribution in [0.4, 0.5) is 26.3 Å². The fraction of sp³-hybridized carbons (Fsp3) is 0.409. The van der Waals surface area contributed by atoms with Crippen LogP contribution in [-0.2, 0) is 17.5 Å². The first kappa shape index (κ1) is 23.9. The van der Waals surface area contributed by atoms with Crippen LogP contribution in [0.25, 0.3) is 0 Å². The van der Waals surface area contributed by atoms with Crippen molar-refractivity contribution in [1.29, 1.82) is 0 Å². The van der Waals surface area contributed by atoms with Gasteiger partial charge in [-0.1, -0.05) is 24.3 Å². The van der Waals surface area contributed by atoms with Gasteiger partial charge in [0, 0.05) is 19.0 Å². The number of carbonyl (C=O) groups is 1. The van der Waals surface area contributed by atoms with Crippen LogP contribution in [0.5, 0.6) is 5.75 Å². The quantitative estimate of drug-likeness (QED) is 0.534. The predicted molar refractivity (Wildman–Crippen MR) is 103 cm³/mol. The Kier molecular flexibility index (Phi) is 7.02. The van der Waals surface area contributed by atoms with Crippen molar-refractivity contribution in [1.82, 2.24) is 4.90 Å². The van der Waals surface area contributed by atoms with Gasteiger partial charge in [0.25, 0.3) is 0 Å². The first-order chi connectivity index (χ1) is 14.9. The van der Waals surface area contributed by atoms with Gasteiger partial charge in [0.2, 0.25) is 0 Å². The lowest BCUT2D eigenvalue weighted by atomic mass is 9.84. The van der Waals surface area contributed by atoms with Crippen molar-refractivity contribution in [2.75, 3.05) is 6.54 Å². The standard InChI is InChI=1S/C22H21F6NO3/c23-21(24,25)17-5-3-16(4-6-17)19-11-15(12-20(30)31)9-10-29(19)13-14-1-7-18(8-2-14)32-22(26,27)28/h1-8,15,19H,9-13H2,(H,30,31). The van der Waals surface area contributed by atoms with Gasteiger partial charge in [0.15, 0.2) is 0 Å². The van der Waals surface area contributed by atoms with E-state index >= 15 is 0 Å². The van der Waals surface area contributed by atoms with Gasteiger partial charge >= 0.3 is 18.5 Å². The molecule has 2 atom stereocenters. The number of nitrogens with zero attached hydrogens (tertiary/aromatic N) is 1. The SMILES string of the molecule is O=C(O)CC1CCN(Cc2ccc(OC(F)(F)F)cc2)C(c2ccc(C(F)(F)F)cc2)C1. The van der Waals surface area contributed by atoms with E-state index in [0.717, 1.165) is 12.1 Å². The smallest absolute Gasteiger partial charge is 0.481 e. The summed E-state index contributed by atoms with van der Waals surface area (Å²) in [6.07, 6.45) is -8.24. The van der Waals surface area contributed by atoms with Gasteiger partial charge in [0.05, 0.1) is 5.56 Å². The lowest BCUT2D eigenvalue weighted by molar-refractivity contribution is -0.274. The zero-order chi connectivity index (χ0) is 23.5. The minimum atomic E-state index is -4.79. The van der Waals surface area contributed by atoms with E-state index in [-0.39, 0.29) is 24.1 Å². The minimum Gasteiger partial charge on any atom is -0.481 e. The number of alkyl halides is 6. The van der Waals surface area contributed by atoms with E-state index in [0.29, 0.717) is 37.1 Å². The Morgan fingerprint density at radius 1 is 1.00 bits per heavy atom. The summed E-state index contributed by atoms with van der Waals surface area (Å²) in [4.78, 5) is 13.1. The molecule has 1 fully saturated rings. The molecule has 2 aromatic rings. The third-order valence-electron chi connectivity index (χ3n) is 5.45. The summed E-state index contributed by atoms with van der Waals surface area (Å²) in [5.74, 6) is -1.41. The number of benzene rings is 2. The van der Waals surface area contributed by atoms with Crippen molar-refractivity contribution >= 4 is 5.97 Å². The molecule has 1 saturated heterocycles. The van der Waals surface area contributed by atoms with Crippen molar-refractivity contribution in [3.8, 4) is 5.75 Å². The number of hydrogen-bond donors (Lipinski definition) is 1. The molecule has 2 aromatic carbocycles. The molecular weight excluding hydrogens is 440 g/mol. The van der Waals surface area contributed by atoms with Crippen molar-refractivity contribution in [2.45, 2.75) is 44.4 Å². The summed E-state index contributed by atoms with van der Waals surface area (Å²) >= 11 is 0. The highest BCUT2D eigenvalue weighted by Crippen LogP contribution is 2.38. The van der Waals surface area contributed by atoms with Crippen LogP contribution >= 0.6 is 0 Å². The second kappa shape index (κ2) is 9.40. The molecule has 0 aromatic heterocycles. The van der Waals surface area contributed by atoms with E-state index in [1.165, 1.54) is 36.4 Å². The van der Waals surface area contributed by atoms with Gasteiger partial charge < -0.3 is 9.84 Å². The topological polar surface area (TPSA) is 49.8 Å². The van der Waals surface area contributed by atoms with E-state index in [2.05, 4.69) is 4.74 Å². The molecule has 0 amide bonds. The first-order valence-corrected chi connectivity index (χ1v) is 9.88. The fourth-order valence-electron chi connectivity index (χ4n) is 3.98. The Morgan fingerprint density at radius 2 is 1.62 bits per heavy atom. The molecule has 0 radical (unpaired) electrons. The van der Waals surface area contributed by atoms with Gasteiger partial charge in [-0.3, -0.25) is 9.69 Å². The molecule has 2 unspecified atom stereocenters. The van der Waals surface area contributed by atoms with Crippen LogP contribution in [0.1, 0.15) is 42.0 Å². The molecule has 1 aliphatic heterocycles. The molecule has 1 heterocycles. The van der Waals surface area contributed by atoms with Gasteiger partial charge in [-0.2, -0.15) is 13.2 Å². The summed E-state index contributed by atoms with van der Waals surface area (Å²) < 4.78 is 79.6. The second-order valence-electron chi connectivity index (χ2n) is 7.79. The lowest BCUT2D eigenvalue weighted by Crippen LogP contribution is -2.37. The average molecular weight is 461 g/mol. The molecule has 0 saturated carbocycles. The third-order valence-corrected chi connectivity index (χ3v) is 5.45. The van der Waals surface area contributed by atoms with Gasteiger partial charge in [0.1, 0.15) is 5.75 Å². The van der Waals surface area contributed by atoms with Gasteiger partial charge in [-0.25, -0.2) is 0 Å². The Morgan fingerprint density at radius 3 is 2.16 bits per heavy atom. The number of rotatable bonds is 6. The van der Waals surface area contributed by atoms with Crippen molar-refractivity contribution in [3.05, 3.63) is 65.2 Å². The molecule has 0 bridgehead atoms.